The molecule has 0 radical (unpaired) electrons. The van der Waals surface area contributed by atoms with Crippen LogP contribution in [0.2, 0.25) is 5.15 Å². The number of carbonyl (C=O) groups is 2. The molecule has 0 saturated heterocycles. The summed E-state index contributed by atoms with van der Waals surface area (Å²) in [5.41, 5.74) is 2.03. The third-order valence-corrected chi connectivity index (χ3v) is 8.23. The Morgan fingerprint density at radius 1 is 1.06 bits per heavy atom. The zero-order valence-electron chi connectivity index (χ0n) is 17.9. The molecule has 7 nitrogen and oxygen atoms in total. The quantitative estimate of drug-likeness (QED) is 0.715. The van der Waals surface area contributed by atoms with E-state index in [0.29, 0.717) is 53.8 Å². The summed E-state index contributed by atoms with van der Waals surface area (Å²) in [6.07, 6.45) is 10.6. The molecule has 8 heteroatoms. The second-order valence-corrected chi connectivity index (χ2v) is 10.5. The number of pyridine rings is 1. The minimum absolute atomic E-state index is 0.0993. The Labute approximate surface area is 192 Å². The number of nitrogens with one attached hydrogen (secondary N) is 1. The number of fused-ring (bicyclic) bond motifs is 1. The molecule has 5 aliphatic rings. The molecule has 0 unspecified atom stereocenters. The van der Waals surface area contributed by atoms with E-state index in [2.05, 4.69) is 20.3 Å². The molecule has 4 aliphatic carbocycles. The Bertz CT molecular complexity index is 1070. The highest BCUT2D eigenvalue weighted by Gasteiger charge is 2.54. The lowest BCUT2D eigenvalue weighted by atomic mass is 9.49. The Balaban J connectivity index is 1.20. The topological polar surface area (TPSA) is 88.1 Å². The average Bonchev–Trinajstić information content (AvgIpc) is 2.77. The summed E-state index contributed by atoms with van der Waals surface area (Å²) in [4.78, 5) is 41.0. The zero-order chi connectivity index (χ0) is 21.9. The van der Waals surface area contributed by atoms with Crippen LogP contribution in [0.15, 0.2) is 24.7 Å². The van der Waals surface area contributed by atoms with Gasteiger partial charge in [-0.15, -0.1) is 0 Å². The van der Waals surface area contributed by atoms with Gasteiger partial charge in [-0.3, -0.25) is 9.59 Å². The molecule has 2 aromatic heterocycles. The summed E-state index contributed by atoms with van der Waals surface area (Å²) in [5.74, 6) is 2.81. The number of hydrogen-bond donors (Lipinski definition) is 1. The standard InChI is InChI=1S/C24H26ClN5O2/c25-20-8-17(1-3-26-20)22(31)30-4-2-18-19(12-30)27-13-28-21(18)29-23(32)24-9-14-5-15(10-24)7-16(6-14)11-24/h1,3,8,13-16H,2,4-7,9-12H2,(H,27,28,29,32). The van der Waals surface area contributed by atoms with Crippen LogP contribution in [0.3, 0.4) is 0 Å². The van der Waals surface area contributed by atoms with E-state index in [4.69, 9.17) is 11.6 Å². The molecule has 7 rings (SSSR count). The summed E-state index contributed by atoms with van der Waals surface area (Å²) in [6.45, 7) is 0.927. The van der Waals surface area contributed by atoms with Crippen molar-refractivity contribution in [1.82, 2.24) is 19.9 Å². The number of hydrogen-bond acceptors (Lipinski definition) is 5. The highest BCUT2D eigenvalue weighted by atomic mass is 35.5. The minimum Gasteiger partial charge on any atom is -0.332 e. The van der Waals surface area contributed by atoms with Crippen LogP contribution in [0.1, 0.15) is 60.1 Å². The van der Waals surface area contributed by atoms with E-state index in [1.165, 1.54) is 31.8 Å². The smallest absolute Gasteiger partial charge is 0.254 e. The monoisotopic (exact) mass is 451 g/mol. The van der Waals surface area contributed by atoms with Crippen molar-refractivity contribution in [3.8, 4) is 0 Å². The number of carbonyl (C=O) groups excluding carboxylic acids is 2. The van der Waals surface area contributed by atoms with Gasteiger partial charge >= 0.3 is 0 Å². The van der Waals surface area contributed by atoms with Gasteiger partial charge in [0.15, 0.2) is 0 Å². The molecule has 4 fully saturated rings. The third-order valence-electron chi connectivity index (χ3n) is 8.02. The molecule has 0 spiro atoms. The fourth-order valence-corrected chi connectivity index (χ4v) is 7.16. The van der Waals surface area contributed by atoms with E-state index < -0.39 is 0 Å². The van der Waals surface area contributed by atoms with Crippen molar-refractivity contribution in [2.75, 3.05) is 11.9 Å². The van der Waals surface area contributed by atoms with Crippen molar-refractivity contribution in [3.05, 3.63) is 46.6 Å². The van der Waals surface area contributed by atoms with Gasteiger partial charge in [0.1, 0.15) is 17.3 Å². The molecule has 4 saturated carbocycles. The number of amides is 2. The van der Waals surface area contributed by atoms with Gasteiger partial charge in [-0.05, 0) is 74.8 Å². The van der Waals surface area contributed by atoms with Crippen molar-refractivity contribution < 1.29 is 9.59 Å². The molecule has 32 heavy (non-hydrogen) atoms. The Morgan fingerprint density at radius 3 is 2.47 bits per heavy atom. The normalized spacial score (nSPS) is 30.2. The van der Waals surface area contributed by atoms with Gasteiger partial charge in [0.25, 0.3) is 5.91 Å². The second-order valence-electron chi connectivity index (χ2n) is 10.1. The van der Waals surface area contributed by atoms with Crippen molar-refractivity contribution in [2.24, 2.45) is 23.2 Å². The molecule has 2 aromatic rings. The molecular weight excluding hydrogens is 426 g/mol. The van der Waals surface area contributed by atoms with E-state index in [1.807, 2.05) is 0 Å². The van der Waals surface area contributed by atoms with E-state index in [-0.39, 0.29) is 17.2 Å². The van der Waals surface area contributed by atoms with Crippen molar-refractivity contribution in [1.29, 1.82) is 0 Å². The summed E-state index contributed by atoms with van der Waals surface area (Å²) in [6, 6.07) is 3.25. The summed E-state index contributed by atoms with van der Waals surface area (Å²) < 4.78 is 0. The van der Waals surface area contributed by atoms with Gasteiger partial charge in [0.05, 0.1) is 17.7 Å². The number of halogens is 1. The minimum atomic E-state index is -0.218. The SMILES string of the molecule is O=C(c1ccnc(Cl)c1)N1CCc2c(ncnc2NC(=O)C23CC4CC(CC(C4)C2)C3)C1. The van der Waals surface area contributed by atoms with Gasteiger partial charge in [0.2, 0.25) is 5.91 Å². The number of anilines is 1. The fraction of sp³-hybridized carbons (Fsp3) is 0.542. The Morgan fingerprint density at radius 2 is 1.78 bits per heavy atom. The number of aromatic nitrogens is 3. The summed E-state index contributed by atoms with van der Waals surface area (Å²) in [7, 11) is 0. The lowest BCUT2D eigenvalue weighted by Gasteiger charge is -2.55. The van der Waals surface area contributed by atoms with Crippen molar-refractivity contribution >= 4 is 29.2 Å². The fourth-order valence-electron chi connectivity index (χ4n) is 6.98. The maximum absolute atomic E-state index is 13.5. The van der Waals surface area contributed by atoms with Crippen LogP contribution >= 0.6 is 11.6 Å². The van der Waals surface area contributed by atoms with Gasteiger partial charge < -0.3 is 10.2 Å². The molecule has 0 aromatic carbocycles. The van der Waals surface area contributed by atoms with Gasteiger partial charge in [-0.1, -0.05) is 11.6 Å². The molecule has 1 N–H and O–H groups in total. The Kier molecular flexibility index (Phi) is 4.72. The van der Waals surface area contributed by atoms with Crippen LogP contribution in [-0.4, -0.2) is 38.2 Å². The lowest BCUT2D eigenvalue weighted by Crippen LogP contribution is -2.52. The van der Waals surface area contributed by atoms with Crippen LogP contribution in [0, 0.1) is 23.2 Å². The van der Waals surface area contributed by atoms with Gasteiger partial charge in [-0.2, -0.15) is 0 Å². The van der Waals surface area contributed by atoms with Gasteiger partial charge in [-0.25, -0.2) is 15.0 Å². The maximum Gasteiger partial charge on any atom is 0.254 e. The highest BCUT2D eigenvalue weighted by molar-refractivity contribution is 6.29. The lowest BCUT2D eigenvalue weighted by molar-refractivity contribution is -0.140. The van der Waals surface area contributed by atoms with Crippen molar-refractivity contribution in [3.63, 3.8) is 0 Å². The highest BCUT2D eigenvalue weighted by Crippen LogP contribution is 2.60. The second kappa shape index (κ2) is 7.51. The molecular formula is C24H26ClN5O2. The van der Waals surface area contributed by atoms with Crippen LogP contribution < -0.4 is 5.32 Å². The van der Waals surface area contributed by atoms with Crippen LogP contribution in [0.25, 0.3) is 0 Å². The zero-order valence-corrected chi connectivity index (χ0v) is 18.6. The first kappa shape index (κ1) is 20.1. The first-order valence-electron chi connectivity index (χ1n) is 11.5. The summed E-state index contributed by atoms with van der Waals surface area (Å²) in [5, 5.41) is 3.49. The van der Waals surface area contributed by atoms with Crippen LogP contribution in [-0.2, 0) is 17.8 Å². The third kappa shape index (κ3) is 3.38. The van der Waals surface area contributed by atoms with Gasteiger partial charge in [0, 0.05) is 23.9 Å². The molecule has 166 valence electrons. The molecule has 4 bridgehead atoms. The van der Waals surface area contributed by atoms with E-state index in [1.54, 1.807) is 17.0 Å². The predicted octanol–water partition coefficient (Wildman–Crippen LogP) is 3.88. The van der Waals surface area contributed by atoms with E-state index in [0.717, 1.165) is 30.5 Å². The molecule has 1 aliphatic heterocycles. The van der Waals surface area contributed by atoms with Crippen molar-refractivity contribution in [2.45, 2.75) is 51.5 Å². The van der Waals surface area contributed by atoms with Crippen LogP contribution in [0.4, 0.5) is 5.82 Å². The van der Waals surface area contributed by atoms with Crippen LogP contribution in [0.5, 0.6) is 0 Å². The average molecular weight is 452 g/mol. The molecule has 2 amide bonds. The first-order valence-corrected chi connectivity index (χ1v) is 11.9. The largest absolute Gasteiger partial charge is 0.332 e. The van der Waals surface area contributed by atoms with E-state index in [9.17, 15) is 9.59 Å². The summed E-state index contributed by atoms with van der Waals surface area (Å²) >= 11 is 5.95. The molecule has 3 heterocycles. The maximum atomic E-state index is 13.5. The van der Waals surface area contributed by atoms with E-state index >= 15 is 0 Å². The number of rotatable bonds is 3. The Hall–Kier alpha value is -2.54. The predicted molar refractivity (Wildman–Crippen MR) is 119 cm³/mol. The first-order chi connectivity index (χ1) is 15.5. The molecule has 0 atom stereocenters. The number of nitrogens with zero attached hydrogens (tertiary/aromatic N) is 4.